The Morgan fingerprint density at radius 2 is 1.81 bits per heavy atom. The zero-order chi connectivity index (χ0) is 26.0. The number of aromatic nitrogens is 1. The zero-order valence-electron chi connectivity index (χ0n) is 20.2. The number of benzene rings is 2. The summed E-state index contributed by atoms with van der Waals surface area (Å²) in [6, 6.07) is 10.7. The molecule has 12 heteroatoms. The summed E-state index contributed by atoms with van der Waals surface area (Å²) >= 11 is 13.5. The molecule has 5 rings (SSSR count). The largest absolute Gasteiger partial charge is 0.379 e. The first-order valence-corrected chi connectivity index (χ1v) is 15.3. The minimum atomic E-state index is -3.86. The zero-order valence-corrected chi connectivity index (χ0v) is 23.3. The monoisotopic (exact) mass is 582 g/mol. The Balaban J connectivity index is 1.41. The molecule has 8 nitrogen and oxygen atoms in total. The Morgan fingerprint density at radius 3 is 2.57 bits per heavy atom. The number of rotatable bonds is 8. The fourth-order valence-corrected chi connectivity index (χ4v) is 7.83. The highest BCUT2D eigenvalue weighted by Gasteiger charge is 2.42. The number of morpholine rings is 1. The predicted molar refractivity (Wildman–Crippen MR) is 147 cm³/mol. The van der Waals surface area contributed by atoms with Crippen LogP contribution in [-0.4, -0.2) is 80.5 Å². The van der Waals surface area contributed by atoms with Crippen LogP contribution in [-0.2, 0) is 19.6 Å². The molecule has 0 radical (unpaired) electrons. The standard InChI is InChI=1S/C25H28Cl2N4O4S2/c26-18-4-7-20(8-5-18)37(33,34)31-12-1-3-22(31)24(32)30(11-2-10-29-13-15-35-16-14-29)25-28-21-9-6-19(27)17-23(21)36-25/h4-9,17,22H,1-3,10-16H2. The number of hydrogen-bond acceptors (Lipinski definition) is 7. The molecule has 0 bridgehead atoms. The summed E-state index contributed by atoms with van der Waals surface area (Å²) in [4.78, 5) is 22.8. The molecule has 0 N–H and O–H groups in total. The minimum Gasteiger partial charge on any atom is -0.379 e. The normalized spacial score (nSPS) is 19.5. The van der Waals surface area contributed by atoms with E-state index in [9.17, 15) is 13.2 Å². The molecular weight excluding hydrogens is 555 g/mol. The van der Waals surface area contributed by atoms with Gasteiger partial charge >= 0.3 is 0 Å². The van der Waals surface area contributed by atoms with Crippen LogP contribution in [0.2, 0.25) is 10.0 Å². The highest BCUT2D eigenvalue weighted by Crippen LogP contribution is 2.34. The third-order valence-corrected chi connectivity index (χ3v) is 10.2. The van der Waals surface area contributed by atoms with Crippen molar-refractivity contribution in [3.8, 4) is 0 Å². The highest BCUT2D eigenvalue weighted by atomic mass is 35.5. The van der Waals surface area contributed by atoms with Gasteiger partial charge in [-0.3, -0.25) is 14.6 Å². The SMILES string of the molecule is O=C(C1CCCN1S(=O)(=O)c1ccc(Cl)cc1)N(CCCN1CCOCC1)c1nc2ccc(Cl)cc2s1. The summed E-state index contributed by atoms with van der Waals surface area (Å²) in [5.74, 6) is -0.248. The molecule has 1 amide bonds. The molecule has 3 heterocycles. The van der Waals surface area contributed by atoms with Crippen LogP contribution in [0.5, 0.6) is 0 Å². The molecule has 1 atom stereocenters. The molecule has 2 aliphatic rings. The van der Waals surface area contributed by atoms with Crippen molar-refractivity contribution in [2.75, 3.05) is 50.8 Å². The fraction of sp³-hybridized carbons (Fsp3) is 0.440. The van der Waals surface area contributed by atoms with Crippen LogP contribution in [0.3, 0.4) is 0 Å². The van der Waals surface area contributed by atoms with Crippen LogP contribution < -0.4 is 4.90 Å². The summed E-state index contributed by atoms with van der Waals surface area (Å²) in [7, 11) is -3.86. The molecular formula is C25H28Cl2N4O4S2. The quantitative estimate of drug-likeness (QED) is 0.388. The number of halogens is 2. The number of anilines is 1. The fourth-order valence-electron chi connectivity index (χ4n) is 4.78. The first-order chi connectivity index (χ1) is 17.8. The lowest BCUT2D eigenvalue weighted by Gasteiger charge is -2.30. The average Bonchev–Trinajstić information content (AvgIpc) is 3.55. The van der Waals surface area contributed by atoms with Crippen molar-refractivity contribution in [3.05, 3.63) is 52.5 Å². The van der Waals surface area contributed by atoms with E-state index in [1.54, 1.807) is 23.1 Å². The Hall–Kier alpha value is -1.79. The van der Waals surface area contributed by atoms with Gasteiger partial charge < -0.3 is 4.74 Å². The predicted octanol–water partition coefficient (Wildman–Crippen LogP) is 4.51. The first kappa shape index (κ1) is 26.8. The maximum absolute atomic E-state index is 14.0. The molecule has 198 valence electrons. The molecule has 2 saturated heterocycles. The summed E-state index contributed by atoms with van der Waals surface area (Å²) in [6.45, 7) is 4.70. The number of thiazole rings is 1. The second-order valence-corrected chi connectivity index (χ2v) is 12.9. The van der Waals surface area contributed by atoms with Crippen LogP contribution in [0, 0.1) is 0 Å². The van der Waals surface area contributed by atoms with Gasteiger partial charge in [-0.05, 0) is 61.7 Å². The van der Waals surface area contributed by atoms with Crippen molar-refractivity contribution in [1.82, 2.24) is 14.2 Å². The first-order valence-electron chi connectivity index (χ1n) is 12.3. The van der Waals surface area contributed by atoms with E-state index in [0.29, 0.717) is 54.3 Å². The lowest BCUT2D eigenvalue weighted by atomic mass is 10.2. The Labute approximate surface area is 230 Å². The van der Waals surface area contributed by atoms with Crippen molar-refractivity contribution < 1.29 is 17.9 Å². The molecule has 1 unspecified atom stereocenters. The van der Waals surface area contributed by atoms with Gasteiger partial charge in [0.2, 0.25) is 15.9 Å². The van der Waals surface area contributed by atoms with E-state index in [-0.39, 0.29) is 10.8 Å². The van der Waals surface area contributed by atoms with Crippen molar-refractivity contribution in [2.45, 2.75) is 30.2 Å². The van der Waals surface area contributed by atoms with E-state index in [0.717, 1.165) is 36.3 Å². The van der Waals surface area contributed by atoms with Crippen LogP contribution >= 0.6 is 34.5 Å². The molecule has 0 aliphatic carbocycles. The molecule has 0 spiro atoms. The molecule has 1 aromatic heterocycles. The van der Waals surface area contributed by atoms with E-state index in [4.69, 9.17) is 32.9 Å². The summed E-state index contributed by atoms with van der Waals surface area (Å²) in [5.41, 5.74) is 0.757. The summed E-state index contributed by atoms with van der Waals surface area (Å²) in [6.07, 6.45) is 1.81. The van der Waals surface area contributed by atoms with Crippen LogP contribution in [0.15, 0.2) is 47.4 Å². The van der Waals surface area contributed by atoms with Crippen molar-refractivity contribution >= 4 is 65.8 Å². The van der Waals surface area contributed by atoms with Crippen LogP contribution in [0.25, 0.3) is 10.2 Å². The Bertz CT molecular complexity index is 1360. The van der Waals surface area contributed by atoms with Gasteiger partial charge in [0.05, 0.1) is 28.3 Å². The second-order valence-electron chi connectivity index (χ2n) is 9.13. The van der Waals surface area contributed by atoms with Crippen molar-refractivity contribution in [1.29, 1.82) is 0 Å². The van der Waals surface area contributed by atoms with E-state index >= 15 is 0 Å². The Kier molecular flexibility index (Phi) is 8.35. The van der Waals surface area contributed by atoms with Crippen LogP contribution in [0.1, 0.15) is 19.3 Å². The van der Waals surface area contributed by atoms with Gasteiger partial charge in [0.15, 0.2) is 5.13 Å². The number of carbonyl (C=O) groups excluding carboxylic acids is 1. The number of carbonyl (C=O) groups is 1. The summed E-state index contributed by atoms with van der Waals surface area (Å²) in [5, 5.41) is 1.61. The van der Waals surface area contributed by atoms with Crippen LogP contribution in [0.4, 0.5) is 5.13 Å². The third-order valence-electron chi connectivity index (χ3n) is 6.70. The minimum absolute atomic E-state index is 0.130. The maximum Gasteiger partial charge on any atom is 0.247 e. The van der Waals surface area contributed by atoms with Gasteiger partial charge in [-0.15, -0.1) is 0 Å². The van der Waals surface area contributed by atoms with Gasteiger partial charge in [-0.25, -0.2) is 13.4 Å². The van der Waals surface area contributed by atoms with Crippen molar-refractivity contribution in [2.24, 2.45) is 0 Å². The number of fused-ring (bicyclic) bond motifs is 1. The number of ether oxygens (including phenoxy) is 1. The Morgan fingerprint density at radius 1 is 1.08 bits per heavy atom. The van der Waals surface area contributed by atoms with Gasteiger partial charge in [-0.2, -0.15) is 4.31 Å². The van der Waals surface area contributed by atoms with E-state index in [1.807, 2.05) is 12.1 Å². The molecule has 37 heavy (non-hydrogen) atoms. The second kappa shape index (κ2) is 11.5. The number of sulfonamides is 1. The topological polar surface area (TPSA) is 83.1 Å². The lowest BCUT2D eigenvalue weighted by molar-refractivity contribution is -0.121. The molecule has 2 aliphatic heterocycles. The maximum atomic E-state index is 14.0. The van der Waals surface area contributed by atoms with Gasteiger partial charge in [0, 0.05) is 42.8 Å². The molecule has 0 saturated carbocycles. The number of hydrogen-bond donors (Lipinski definition) is 0. The van der Waals surface area contributed by atoms with Gasteiger partial charge in [0.1, 0.15) is 6.04 Å². The average molecular weight is 584 g/mol. The smallest absolute Gasteiger partial charge is 0.247 e. The lowest BCUT2D eigenvalue weighted by Crippen LogP contribution is -2.48. The molecule has 2 fully saturated rings. The van der Waals surface area contributed by atoms with E-state index in [2.05, 4.69) is 4.90 Å². The number of amides is 1. The number of nitrogens with zero attached hydrogens (tertiary/aromatic N) is 4. The van der Waals surface area contributed by atoms with Gasteiger partial charge in [0.25, 0.3) is 0 Å². The third kappa shape index (κ3) is 5.95. The van der Waals surface area contributed by atoms with E-state index in [1.165, 1.54) is 27.8 Å². The highest BCUT2D eigenvalue weighted by molar-refractivity contribution is 7.89. The van der Waals surface area contributed by atoms with Crippen molar-refractivity contribution in [3.63, 3.8) is 0 Å². The van der Waals surface area contributed by atoms with Gasteiger partial charge in [-0.1, -0.05) is 34.5 Å². The van der Waals surface area contributed by atoms with E-state index < -0.39 is 16.1 Å². The summed E-state index contributed by atoms with van der Waals surface area (Å²) < 4.78 is 34.6. The molecule has 3 aromatic rings. The molecule has 2 aromatic carbocycles.